The molecule has 0 aliphatic carbocycles. The number of nitrogens with zero attached hydrogens (tertiary/aromatic N) is 4. The van der Waals surface area contributed by atoms with Crippen LogP contribution in [0.1, 0.15) is 12.8 Å². The van der Waals surface area contributed by atoms with Crippen molar-refractivity contribution in [1.82, 2.24) is 4.90 Å². The second kappa shape index (κ2) is 8.30. The van der Waals surface area contributed by atoms with Crippen LogP contribution in [0.4, 0.5) is 0 Å². The van der Waals surface area contributed by atoms with Crippen molar-refractivity contribution in [3.63, 3.8) is 0 Å². The summed E-state index contributed by atoms with van der Waals surface area (Å²) in [5.74, 6) is -0.603. The first-order chi connectivity index (χ1) is 13.7. The molecule has 1 saturated heterocycles. The Hall–Kier alpha value is -1.35. The first-order valence-corrected chi connectivity index (χ1v) is 12.5. The normalized spacial score (nSPS) is 30.5. The maximum absolute atomic E-state index is 11.8. The summed E-state index contributed by atoms with van der Waals surface area (Å²) in [4.78, 5) is 60.3. The summed E-state index contributed by atoms with van der Waals surface area (Å²) in [5.41, 5.74) is 5.48. The summed E-state index contributed by atoms with van der Waals surface area (Å²) in [7, 11) is -16.3. The van der Waals surface area contributed by atoms with Crippen LogP contribution in [0.2, 0.25) is 0 Å². The van der Waals surface area contributed by atoms with Gasteiger partial charge >= 0.3 is 23.5 Å². The Kier molecular flexibility index (Phi) is 6.45. The molecule has 3 heterocycles. The summed E-state index contributed by atoms with van der Waals surface area (Å²) in [6, 6.07) is -0.935. The predicted octanol–water partition coefficient (Wildman–Crippen LogP) is -1.20. The molecule has 1 amide bonds. The van der Waals surface area contributed by atoms with Gasteiger partial charge in [0.05, 0.1) is 19.0 Å². The minimum atomic E-state index is -5.59. The van der Waals surface area contributed by atoms with Crippen LogP contribution in [0, 0.1) is 0 Å². The minimum absolute atomic E-state index is 0.214. The highest BCUT2D eigenvalue weighted by atomic mass is 31.3. The fraction of sp³-hybridized carbons (Fsp3) is 0.600. The first-order valence-electron chi connectivity index (χ1n) is 7.97. The van der Waals surface area contributed by atoms with Gasteiger partial charge in [-0.2, -0.15) is 18.6 Å². The van der Waals surface area contributed by atoms with Crippen LogP contribution in [-0.2, 0) is 36.4 Å². The molecule has 0 aromatic heterocycles. The number of guanidine groups is 1. The molecule has 0 radical (unpaired) electrons. The van der Waals surface area contributed by atoms with E-state index >= 15 is 0 Å². The number of rotatable bonds is 8. The van der Waals surface area contributed by atoms with Gasteiger partial charge in [-0.1, -0.05) is 0 Å². The van der Waals surface area contributed by atoms with Gasteiger partial charge in [-0.05, 0) is 12.8 Å². The molecule has 20 heteroatoms. The number of hydrogen-bond acceptors (Lipinski definition) is 12. The maximum Gasteiger partial charge on any atom is 0.490 e. The number of phosphoric acid groups is 3. The second-order valence-corrected chi connectivity index (χ2v) is 10.4. The third-order valence-corrected chi connectivity index (χ3v) is 7.57. The van der Waals surface area contributed by atoms with E-state index in [1.54, 1.807) is 0 Å². The van der Waals surface area contributed by atoms with Gasteiger partial charge in [0.2, 0.25) is 5.96 Å². The zero-order valence-electron chi connectivity index (χ0n) is 14.7. The van der Waals surface area contributed by atoms with E-state index in [1.165, 1.54) is 11.2 Å². The summed E-state index contributed by atoms with van der Waals surface area (Å²) >= 11 is 0. The SMILES string of the molecule is NC1=NC(=O)C2N=CN([C@H]3CCC(COP(=O)(O)OP(=O)(O)OP(=O)(O)O)O3)C2=N1. The van der Waals surface area contributed by atoms with Gasteiger partial charge < -0.3 is 30.0 Å². The standard InChI is InChI=1S/C10H16N5O12P3/c11-10-13-8-7(9(16)14-10)12-4-15(8)6-2-1-5(25-6)3-24-29(20,21)27-30(22,23)26-28(17,18)19/h4-7H,1-3H2,(H,20,21)(H,22,23)(H2,11,14,16)(H2,17,18,19)/t5?,6-,7?/m1/s1. The Morgan fingerprint density at radius 1 is 1.13 bits per heavy atom. The molecular formula is C10H16N5O12P3. The van der Waals surface area contributed by atoms with E-state index in [2.05, 4.69) is 28.1 Å². The van der Waals surface area contributed by atoms with Gasteiger partial charge in [0.25, 0.3) is 5.91 Å². The third-order valence-electron chi connectivity index (χ3n) is 3.77. The van der Waals surface area contributed by atoms with Crippen molar-refractivity contribution in [2.24, 2.45) is 20.7 Å². The highest BCUT2D eigenvalue weighted by molar-refractivity contribution is 7.66. The predicted molar refractivity (Wildman–Crippen MR) is 95.9 cm³/mol. The maximum atomic E-state index is 11.8. The van der Waals surface area contributed by atoms with Gasteiger partial charge in [-0.25, -0.2) is 13.7 Å². The summed E-state index contributed by atoms with van der Waals surface area (Å²) in [6.07, 6.45) is 0.558. The fourth-order valence-corrected chi connectivity index (χ4v) is 5.78. The number of amidine groups is 1. The Balaban J connectivity index is 1.54. The average Bonchev–Trinajstić information content (AvgIpc) is 3.15. The van der Waals surface area contributed by atoms with Gasteiger partial charge in [0.1, 0.15) is 6.23 Å². The third kappa shape index (κ3) is 5.87. The van der Waals surface area contributed by atoms with E-state index in [1.807, 2.05) is 0 Å². The number of amides is 1. The molecule has 4 unspecified atom stereocenters. The lowest BCUT2D eigenvalue weighted by molar-refractivity contribution is -0.117. The summed E-state index contributed by atoms with van der Waals surface area (Å²) < 4.78 is 51.0. The topological polar surface area (TPSA) is 252 Å². The first kappa shape index (κ1) is 23.3. The van der Waals surface area contributed by atoms with Crippen LogP contribution in [0.3, 0.4) is 0 Å². The summed E-state index contributed by atoms with van der Waals surface area (Å²) in [6.45, 7) is -0.580. The van der Waals surface area contributed by atoms with Gasteiger partial charge in [-0.15, -0.1) is 0 Å². The smallest absolute Gasteiger partial charge is 0.368 e. The van der Waals surface area contributed by atoms with Crippen molar-refractivity contribution < 1.29 is 55.9 Å². The molecule has 1 fully saturated rings. The van der Waals surface area contributed by atoms with Crippen LogP contribution in [0.15, 0.2) is 15.0 Å². The lowest BCUT2D eigenvalue weighted by atomic mass is 10.2. The number of carbonyl (C=O) groups is 1. The van der Waals surface area contributed by atoms with Gasteiger partial charge in [-0.3, -0.25) is 19.2 Å². The zero-order chi connectivity index (χ0) is 22.3. The Bertz CT molecular complexity index is 960. The quantitative estimate of drug-likeness (QED) is 0.250. The number of ether oxygens (including phenoxy) is 1. The molecule has 0 aromatic carbocycles. The average molecular weight is 491 g/mol. The van der Waals surface area contributed by atoms with E-state index in [0.29, 0.717) is 12.8 Å². The Labute approximate surface area is 167 Å². The number of nitrogens with two attached hydrogens (primary N) is 1. The van der Waals surface area contributed by atoms with Gasteiger partial charge in [0.15, 0.2) is 11.9 Å². The Morgan fingerprint density at radius 3 is 2.50 bits per heavy atom. The van der Waals surface area contributed by atoms with Crippen LogP contribution >= 0.6 is 23.5 Å². The molecule has 6 N–H and O–H groups in total. The highest BCUT2D eigenvalue weighted by Gasteiger charge is 2.43. The van der Waals surface area contributed by atoms with Crippen molar-refractivity contribution in [3.8, 4) is 0 Å². The minimum Gasteiger partial charge on any atom is -0.368 e. The number of aliphatic imine (C=N–C) groups is 3. The molecule has 3 aliphatic rings. The molecule has 30 heavy (non-hydrogen) atoms. The van der Waals surface area contributed by atoms with Crippen LogP contribution in [0.25, 0.3) is 0 Å². The molecule has 3 aliphatic heterocycles. The number of hydrogen-bond donors (Lipinski definition) is 5. The number of fused-ring (bicyclic) bond motifs is 1. The number of carbonyl (C=O) groups excluding carboxylic acids is 1. The summed E-state index contributed by atoms with van der Waals surface area (Å²) in [5, 5.41) is 0. The van der Waals surface area contributed by atoms with E-state index in [-0.39, 0.29) is 11.8 Å². The molecule has 0 saturated carbocycles. The lowest BCUT2D eigenvalue weighted by Gasteiger charge is -2.25. The van der Waals surface area contributed by atoms with Crippen LogP contribution in [-0.4, -0.2) is 73.5 Å². The largest absolute Gasteiger partial charge is 0.490 e. The molecule has 0 bridgehead atoms. The Morgan fingerprint density at radius 2 is 1.83 bits per heavy atom. The molecule has 5 atom stereocenters. The van der Waals surface area contributed by atoms with Crippen LogP contribution < -0.4 is 5.73 Å². The van der Waals surface area contributed by atoms with Crippen LogP contribution in [0.5, 0.6) is 0 Å². The zero-order valence-corrected chi connectivity index (χ0v) is 17.4. The van der Waals surface area contributed by atoms with Crippen molar-refractivity contribution >= 4 is 47.5 Å². The molecule has 17 nitrogen and oxygen atoms in total. The van der Waals surface area contributed by atoms with Crippen molar-refractivity contribution in [3.05, 3.63) is 0 Å². The monoisotopic (exact) mass is 491 g/mol. The molecule has 0 aromatic rings. The molecule has 0 spiro atoms. The molecule has 168 valence electrons. The molecule has 3 rings (SSSR count). The van der Waals surface area contributed by atoms with Crippen molar-refractivity contribution in [2.75, 3.05) is 6.61 Å². The van der Waals surface area contributed by atoms with E-state index in [4.69, 9.17) is 25.2 Å². The lowest BCUT2D eigenvalue weighted by Crippen LogP contribution is -2.44. The van der Waals surface area contributed by atoms with Crippen molar-refractivity contribution in [2.45, 2.75) is 31.2 Å². The fourth-order valence-electron chi connectivity index (χ4n) is 2.73. The van der Waals surface area contributed by atoms with E-state index in [0.717, 1.165) is 0 Å². The second-order valence-electron chi connectivity index (χ2n) is 6.03. The van der Waals surface area contributed by atoms with E-state index < -0.39 is 54.4 Å². The number of phosphoric ester groups is 1. The van der Waals surface area contributed by atoms with Gasteiger partial charge in [0, 0.05) is 0 Å². The van der Waals surface area contributed by atoms with Crippen molar-refractivity contribution in [1.29, 1.82) is 0 Å². The molecular weight excluding hydrogens is 475 g/mol. The van der Waals surface area contributed by atoms with E-state index in [9.17, 15) is 23.4 Å². The highest BCUT2D eigenvalue weighted by Crippen LogP contribution is 2.66.